The van der Waals surface area contributed by atoms with Crippen molar-refractivity contribution in [2.45, 2.75) is 35.6 Å². The number of rotatable bonds is 6. The summed E-state index contributed by atoms with van der Waals surface area (Å²) in [4.78, 5) is 2.37. The van der Waals surface area contributed by atoms with Gasteiger partial charge in [0.1, 0.15) is 5.75 Å². The molecule has 1 unspecified atom stereocenters. The summed E-state index contributed by atoms with van der Waals surface area (Å²) in [7, 11) is 1.67. The van der Waals surface area contributed by atoms with Crippen LogP contribution in [-0.2, 0) is 6.42 Å². The summed E-state index contributed by atoms with van der Waals surface area (Å²) in [6.07, 6.45) is 1.80. The first-order chi connectivity index (χ1) is 10.1. The number of nitrogens with two attached hydrogens (primary N) is 1. The second-order valence-corrected chi connectivity index (χ2v) is 6.45. The fourth-order valence-corrected chi connectivity index (χ4v) is 3.13. The van der Waals surface area contributed by atoms with Crippen LogP contribution in [0, 0.1) is 0 Å². The molecular weight excluding hydrogens is 302 g/mol. The Morgan fingerprint density at radius 1 is 1.19 bits per heavy atom. The summed E-state index contributed by atoms with van der Waals surface area (Å²) in [6, 6.07) is 14.2. The molecule has 0 saturated carbocycles. The highest BCUT2D eigenvalue weighted by Gasteiger charge is 2.09. The minimum absolute atomic E-state index is 0.165. The minimum atomic E-state index is 0.165. The first kappa shape index (κ1) is 16.2. The van der Waals surface area contributed by atoms with Gasteiger partial charge < -0.3 is 10.5 Å². The van der Waals surface area contributed by atoms with Crippen molar-refractivity contribution in [1.82, 2.24) is 0 Å². The molecule has 2 N–H and O–H groups in total. The zero-order chi connectivity index (χ0) is 15.2. The van der Waals surface area contributed by atoms with Gasteiger partial charge in [-0.25, -0.2) is 0 Å². The topological polar surface area (TPSA) is 35.2 Å². The van der Waals surface area contributed by atoms with E-state index in [0.717, 1.165) is 23.6 Å². The van der Waals surface area contributed by atoms with Gasteiger partial charge in [-0.1, -0.05) is 30.3 Å². The second-order valence-electron chi connectivity index (χ2n) is 4.90. The van der Waals surface area contributed by atoms with E-state index in [9.17, 15) is 0 Å². The van der Waals surface area contributed by atoms with Crippen molar-refractivity contribution < 1.29 is 4.74 Å². The number of benzene rings is 2. The monoisotopic (exact) mass is 321 g/mol. The third-order valence-corrected chi connectivity index (χ3v) is 4.68. The third kappa shape index (κ3) is 4.67. The number of methoxy groups -OCH3 is 1. The van der Waals surface area contributed by atoms with Crippen molar-refractivity contribution >= 4 is 23.4 Å². The van der Waals surface area contributed by atoms with Gasteiger partial charge in [-0.05, 0) is 60.9 Å². The van der Waals surface area contributed by atoms with Crippen LogP contribution in [0.3, 0.4) is 0 Å². The smallest absolute Gasteiger partial charge is 0.118 e. The Bertz CT molecular complexity index is 586. The zero-order valence-electron chi connectivity index (χ0n) is 12.3. The van der Waals surface area contributed by atoms with Crippen LogP contribution in [0.2, 0.25) is 5.02 Å². The average Bonchev–Trinajstić information content (AvgIpc) is 2.50. The molecule has 0 aromatic heterocycles. The normalized spacial score (nSPS) is 12.2. The molecule has 0 aliphatic rings. The Labute approximate surface area is 135 Å². The minimum Gasteiger partial charge on any atom is -0.497 e. The highest BCUT2D eigenvalue weighted by molar-refractivity contribution is 7.99. The van der Waals surface area contributed by atoms with Gasteiger partial charge in [-0.15, -0.1) is 0 Å². The SMILES string of the molecule is CCC(N)Cc1cc(Cl)ccc1Sc1ccc(OC)cc1. The van der Waals surface area contributed by atoms with E-state index in [4.69, 9.17) is 22.1 Å². The lowest BCUT2D eigenvalue weighted by molar-refractivity contribution is 0.414. The van der Waals surface area contributed by atoms with Crippen LogP contribution >= 0.6 is 23.4 Å². The molecule has 2 aromatic rings. The molecule has 0 saturated heterocycles. The quantitative estimate of drug-likeness (QED) is 0.831. The Morgan fingerprint density at radius 2 is 1.90 bits per heavy atom. The number of hydrogen-bond acceptors (Lipinski definition) is 3. The van der Waals surface area contributed by atoms with Crippen LogP contribution in [0.1, 0.15) is 18.9 Å². The van der Waals surface area contributed by atoms with Crippen molar-refractivity contribution in [1.29, 1.82) is 0 Å². The van der Waals surface area contributed by atoms with Gasteiger partial charge in [-0.3, -0.25) is 0 Å². The summed E-state index contributed by atoms with van der Waals surface area (Å²) in [5.41, 5.74) is 7.29. The standard InChI is InChI=1S/C17H20ClNOS/c1-3-14(19)11-12-10-13(18)4-9-17(12)21-16-7-5-15(20-2)6-8-16/h4-10,14H,3,11,19H2,1-2H3. The Hall–Kier alpha value is -1.16. The maximum atomic E-state index is 6.12. The molecule has 2 nitrogen and oxygen atoms in total. The molecule has 0 spiro atoms. The predicted octanol–water partition coefficient (Wildman–Crippen LogP) is 4.78. The van der Waals surface area contributed by atoms with Gasteiger partial charge in [0.2, 0.25) is 0 Å². The van der Waals surface area contributed by atoms with E-state index in [0.29, 0.717) is 0 Å². The molecule has 0 fully saturated rings. The first-order valence-electron chi connectivity index (χ1n) is 6.98. The number of hydrogen-bond donors (Lipinski definition) is 1. The van der Waals surface area contributed by atoms with Crippen LogP contribution in [0.4, 0.5) is 0 Å². The van der Waals surface area contributed by atoms with E-state index in [-0.39, 0.29) is 6.04 Å². The first-order valence-corrected chi connectivity index (χ1v) is 8.17. The lowest BCUT2D eigenvalue weighted by Gasteiger charge is -2.14. The van der Waals surface area contributed by atoms with Crippen molar-refractivity contribution in [2.75, 3.05) is 7.11 Å². The van der Waals surface area contributed by atoms with E-state index in [1.807, 2.05) is 24.3 Å². The van der Waals surface area contributed by atoms with Crippen molar-refractivity contribution in [3.05, 3.63) is 53.1 Å². The summed E-state index contributed by atoms with van der Waals surface area (Å²) in [5, 5.41) is 0.757. The Morgan fingerprint density at radius 3 is 2.52 bits per heavy atom. The predicted molar refractivity (Wildman–Crippen MR) is 90.5 cm³/mol. The highest BCUT2D eigenvalue weighted by atomic mass is 35.5. The van der Waals surface area contributed by atoms with E-state index in [2.05, 4.69) is 25.1 Å². The maximum absolute atomic E-state index is 6.12. The summed E-state index contributed by atoms with van der Waals surface area (Å²) < 4.78 is 5.18. The molecule has 2 aromatic carbocycles. The van der Waals surface area contributed by atoms with Gasteiger partial charge in [0, 0.05) is 20.9 Å². The van der Waals surface area contributed by atoms with E-state index in [1.165, 1.54) is 15.4 Å². The molecule has 112 valence electrons. The van der Waals surface area contributed by atoms with Gasteiger partial charge in [0.25, 0.3) is 0 Å². The van der Waals surface area contributed by atoms with Gasteiger partial charge in [-0.2, -0.15) is 0 Å². The lowest BCUT2D eigenvalue weighted by Crippen LogP contribution is -2.21. The Balaban J connectivity index is 2.21. The van der Waals surface area contributed by atoms with Crippen LogP contribution in [-0.4, -0.2) is 13.2 Å². The molecule has 0 heterocycles. The van der Waals surface area contributed by atoms with Crippen molar-refractivity contribution in [2.24, 2.45) is 5.73 Å². The molecule has 1 atom stereocenters. The maximum Gasteiger partial charge on any atom is 0.118 e. The zero-order valence-corrected chi connectivity index (χ0v) is 13.9. The average molecular weight is 322 g/mol. The van der Waals surface area contributed by atoms with Crippen LogP contribution in [0.5, 0.6) is 5.75 Å². The lowest BCUT2D eigenvalue weighted by atomic mass is 10.0. The van der Waals surface area contributed by atoms with E-state index >= 15 is 0 Å². The highest BCUT2D eigenvalue weighted by Crippen LogP contribution is 2.33. The molecule has 4 heteroatoms. The van der Waals surface area contributed by atoms with Gasteiger partial charge in [0.05, 0.1) is 7.11 Å². The molecule has 21 heavy (non-hydrogen) atoms. The molecule has 0 aliphatic heterocycles. The molecular formula is C17H20ClNOS. The molecule has 0 aliphatic carbocycles. The third-order valence-electron chi connectivity index (χ3n) is 3.32. The number of halogens is 1. The summed E-state index contributed by atoms with van der Waals surface area (Å²) >= 11 is 7.84. The molecule has 0 bridgehead atoms. The van der Waals surface area contributed by atoms with Gasteiger partial charge >= 0.3 is 0 Å². The van der Waals surface area contributed by atoms with Crippen LogP contribution in [0.15, 0.2) is 52.3 Å². The van der Waals surface area contributed by atoms with Crippen molar-refractivity contribution in [3.8, 4) is 5.75 Å². The van der Waals surface area contributed by atoms with Crippen LogP contribution < -0.4 is 10.5 Å². The van der Waals surface area contributed by atoms with E-state index in [1.54, 1.807) is 18.9 Å². The van der Waals surface area contributed by atoms with Crippen LogP contribution in [0.25, 0.3) is 0 Å². The summed E-state index contributed by atoms with van der Waals surface area (Å²) in [5.74, 6) is 0.865. The molecule has 0 radical (unpaired) electrons. The molecule has 2 rings (SSSR count). The van der Waals surface area contributed by atoms with Gasteiger partial charge in [0.15, 0.2) is 0 Å². The van der Waals surface area contributed by atoms with Crippen molar-refractivity contribution in [3.63, 3.8) is 0 Å². The number of ether oxygens (including phenoxy) is 1. The fourth-order valence-electron chi connectivity index (χ4n) is 2.00. The summed E-state index contributed by atoms with van der Waals surface area (Å²) in [6.45, 7) is 2.10. The fraction of sp³-hybridized carbons (Fsp3) is 0.294. The largest absolute Gasteiger partial charge is 0.497 e. The second kappa shape index (κ2) is 7.74. The van der Waals surface area contributed by atoms with E-state index < -0.39 is 0 Å². The molecule has 0 amide bonds. The Kier molecular flexibility index (Phi) is 5.97.